The zero-order chi connectivity index (χ0) is 19.7. The molecule has 1 aliphatic heterocycles. The van der Waals surface area contributed by atoms with Crippen molar-refractivity contribution in [3.63, 3.8) is 0 Å². The molecule has 1 atom stereocenters. The van der Waals surface area contributed by atoms with Gasteiger partial charge in [-0.2, -0.15) is 0 Å². The highest BCUT2D eigenvalue weighted by Crippen LogP contribution is 2.29. The molecule has 0 saturated heterocycles. The molecule has 27 heavy (non-hydrogen) atoms. The summed E-state index contributed by atoms with van der Waals surface area (Å²) in [7, 11) is 7.51. The Morgan fingerprint density at radius 3 is 2.52 bits per heavy atom. The maximum atomic E-state index is 14.3. The molecule has 7 heteroatoms. The Morgan fingerprint density at radius 2 is 1.89 bits per heavy atom. The van der Waals surface area contributed by atoms with Crippen LogP contribution < -0.4 is 4.90 Å². The van der Waals surface area contributed by atoms with Crippen LogP contribution in [0.5, 0.6) is 0 Å². The number of hydrogen-bond donors (Lipinski definition) is 0. The molecule has 2 aromatic rings. The van der Waals surface area contributed by atoms with Crippen molar-refractivity contribution in [2.75, 3.05) is 39.6 Å². The van der Waals surface area contributed by atoms with Crippen LogP contribution in [-0.2, 0) is 17.8 Å². The van der Waals surface area contributed by atoms with Gasteiger partial charge in [0.1, 0.15) is 23.5 Å². The number of nitrogens with zero attached hydrogens (tertiary/aromatic N) is 5. The van der Waals surface area contributed by atoms with Gasteiger partial charge >= 0.3 is 0 Å². The van der Waals surface area contributed by atoms with E-state index in [0.717, 1.165) is 17.1 Å². The fraction of sp³-hybridized carbons (Fsp3) is 0.450. The van der Waals surface area contributed by atoms with E-state index in [2.05, 4.69) is 9.97 Å². The van der Waals surface area contributed by atoms with Gasteiger partial charge in [0, 0.05) is 31.8 Å². The van der Waals surface area contributed by atoms with E-state index in [1.165, 1.54) is 6.07 Å². The molecule has 0 aliphatic carbocycles. The van der Waals surface area contributed by atoms with Crippen LogP contribution in [0.3, 0.4) is 0 Å². The van der Waals surface area contributed by atoms with E-state index < -0.39 is 6.04 Å². The standard InChI is InChI=1S/C20H26FN5O/c1-13-22-17-12-26(11-10-15(17)19(23-13)25(4)5)20(27)18(24(2)3)14-8-6-7-9-16(14)21/h6-9,18H,10-12H2,1-5H3/t18-/m1/s1. The van der Waals surface area contributed by atoms with Crippen LogP contribution in [0.15, 0.2) is 24.3 Å². The van der Waals surface area contributed by atoms with Crippen LogP contribution in [0.4, 0.5) is 10.2 Å². The topological polar surface area (TPSA) is 52.6 Å². The highest BCUT2D eigenvalue weighted by molar-refractivity contribution is 5.83. The summed E-state index contributed by atoms with van der Waals surface area (Å²) < 4.78 is 14.3. The second-order valence-corrected chi connectivity index (χ2v) is 7.31. The van der Waals surface area contributed by atoms with Gasteiger partial charge in [-0.3, -0.25) is 9.69 Å². The third-order valence-electron chi connectivity index (χ3n) is 4.84. The molecular formula is C20H26FN5O. The number of carbonyl (C=O) groups is 1. The average molecular weight is 371 g/mol. The number of hydrogen-bond acceptors (Lipinski definition) is 5. The van der Waals surface area contributed by atoms with Gasteiger partial charge in [0.15, 0.2) is 0 Å². The van der Waals surface area contributed by atoms with E-state index >= 15 is 0 Å². The van der Waals surface area contributed by atoms with Crippen molar-refractivity contribution < 1.29 is 9.18 Å². The van der Waals surface area contributed by atoms with Crippen molar-refractivity contribution in [1.82, 2.24) is 19.8 Å². The Morgan fingerprint density at radius 1 is 1.19 bits per heavy atom. The van der Waals surface area contributed by atoms with Crippen LogP contribution in [0.25, 0.3) is 0 Å². The number of fused-ring (bicyclic) bond motifs is 1. The molecule has 0 saturated carbocycles. The van der Waals surface area contributed by atoms with Crippen LogP contribution in [-0.4, -0.2) is 60.4 Å². The first-order valence-corrected chi connectivity index (χ1v) is 9.03. The van der Waals surface area contributed by atoms with Gasteiger partial charge in [0.25, 0.3) is 0 Å². The van der Waals surface area contributed by atoms with Crippen molar-refractivity contribution in [3.8, 4) is 0 Å². The molecule has 0 N–H and O–H groups in total. The zero-order valence-corrected chi connectivity index (χ0v) is 16.5. The second kappa shape index (κ2) is 7.60. The van der Waals surface area contributed by atoms with Crippen molar-refractivity contribution in [2.24, 2.45) is 0 Å². The maximum Gasteiger partial charge on any atom is 0.244 e. The number of likely N-dealkylation sites (N-methyl/N-ethyl adjacent to an activating group) is 1. The monoisotopic (exact) mass is 371 g/mol. The van der Waals surface area contributed by atoms with Gasteiger partial charge in [-0.15, -0.1) is 0 Å². The minimum atomic E-state index is -0.663. The van der Waals surface area contributed by atoms with E-state index in [-0.39, 0.29) is 11.7 Å². The molecule has 0 radical (unpaired) electrons. The first-order valence-electron chi connectivity index (χ1n) is 9.03. The minimum Gasteiger partial charge on any atom is -0.362 e. The van der Waals surface area contributed by atoms with Gasteiger partial charge in [0.2, 0.25) is 5.91 Å². The summed E-state index contributed by atoms with van der Waals surface area (Å²) in [6.45, 7) is 2.84. The van der Waals surface area contributed by atoms with Crippen molar-refractivity contribution in [2.45, 2.75) is 25.9 Å². The number of carbonyl (C=O) groups excluding carboxylic acids is 1. The number of aryl methyl sites for hydroxylation is 1. The quantitative estimate of drug-likeness (QED) is 0.825. The molecule has 0 bridgehead atoms. The molecule has 1 aromatic heterocycles. The average Bonchev–Trinajstić information content (AvgIpc) is 2.61. The van der Waals surface area contributed by atoms with Gasteiger partial charge < -0.3 is 9.80 Å². The Labute approximate surface area is 159 Å². The Hall–Kier alpha value is -2.54. The lowest BCUT2D eigenvalue weighted by Gasteiger charge is -2.34. The smallest absolute Gasteiger partial charge is 0.244 e. The molecule has 0 fully saturated rings. The van der Waals surface area contributed by atoms with Gasteiger partial charge in [-0.05, 0) is 33.5 Å². The van der Waals surface area contributed by atoms with Gasteiger partial charge in [-0.1, -0.05) is 18.2 Å². The molecule has 6 nitrogen and oxygen atoms in total. The van der Waals surface area contributed by atoms with Crippen molar-refractivity contribution in [3.05, 3.63) is 52.7 Å². The molecule has 0 spiro atoms. The summed E-state index contributed by atoms with van der Waals surface area (Å²) >= 11 is 0. The third-order valence-corrected chi connectivity index (χ3v) is 4.84. The molecule has 2 heterocycles. The number of amides is 1. The van der Waals surface area contributed by atoms with Crippen LogP contribution in [0, 0.1) is 12.7 Å². The first-order chi connectivity index (χ1) is 12.8. The minimum absolute atomic E-state index is 0.113. The largest absolute Gasteiger partial charge is 0.362 e. The van der Waals surface area contributed by atoms with Gasteiger partial charge in [0.05, 0.1) is 12.2 Å². The predicted molar refractivity (Wildman–Crippen MR) is 103 cm³/mol. The molecular weight excluding hydrogens is 345 g/mol. The Kier molecular flexibility index (Phi) is 5.41. The van der Waals surface area contributed by atoms with E-state index in [1.54, 1.807) is 42.1 Å². The first kappa shape index (κ1) is 19.2. The zero-order valence-electron chi connectivity index (χ0n) is 16.5. The van der Waals surface area contributed by atoms with E-state index in [9.17, 15) is 9.18 Å². The number of anilines is 1. The van der Waals surface area contributed by atoms with E-state index in [4.69, 9.17) is 0 Å². The summed E-state index contributed by atoms with van der Waals surface area (Å²) in [5.41, 5.74) is 2.35. The SMILES string of the molecule is Cc1nc2c(c(N(C)C)n1)CCN(C(=O)[C@@H](c1ccccc1F)N(C)C)C2. The summed E-state index contributed by atoms with van der Waals surface area (Å²) in [5.74, 6) is 1.11. The summed E-state index contributed by atoms with van der Waals surface area (Å²) in [6, 6.07) is 5.80. The summed E-state index contributed by atoms with van der Waals surface area (Å²) in [4.78, 5) is 27.9. The maximum absolute atomic E-state index is 14.3. The lowest BCUT2D eigenvalue weighted by atomic mass is 10.0. The number of benzene rings is 1. The lowest BCUT2D eigenvalue weighted by Crippen LogP contribution is -2.44. The predicted octanol–water partition coefficient (Wildman–Crippen LogP) is 2.18. The molecule has 1 aliphatic rings. The third kappa shape index (κ3) is 3.78. The number of aromatic nitrogens is 2. The fourth-order valence-corrected chi connectivity index (χ4v) is 3.59. The lowest BCUT2D eigenvalue weighted by molar-refractivity contribution is -0.137. The molecule has 1 aromatic carbocycles. The molecule has 1 amide bonds. The molecule has 0 unspecified atom stereocenters. The summed E-state index contributed by atoms with van der Waals surface area (Å²) in [5, 5.41) is 0. The Bertz CT molecular complexity index is 852. The van der Waals surface area contributed by atoms with Crippen molar-refractivity contribution >= 4 is 11.7 Å². The Balaban J connectivity index is 1.92. The highest BCUT2D eigenvalue weighted by atomic mass is 19.1. The van der Waals surface area contributed by atoms with Crippen molar-refractivity contribution in [1.29, 1.82) is 0 Å². The van der Waals surface area contributed by atoms with Crippen LogP contribution >= 0.6 is 0 Å². The van der Waals surface area contributed by atoms with E-state index in [0.29, 0.717) is 30.9 Å². The van der Waals surface area contributed by atoms with E-state index in [1.807, 2.05) is 25.9 Å². The number of halogens is 1. The molecule has 3 rings (SSSR count). The second-order valence-electron chi connectivity index (χ2n) is 7.31. The molecule has 144 valence electrons. The summed E-state index contributed by atoms with van der Waals surface area (Å²) in [6.07, 6.45) is 0.687. The highest BCUT2D eigenvalue weighted by Gasteiger charge is 2.33. The normalized spacial score (nSPS) is 14.9. The fourth-order valence-electron chi connectivity index (χ4n) is 3.59. The van der Waals surface area contributed by atoms with Gasteiger partial charge in [-0.25, -0.2) is 14.4 Å². The van der Waals surface area contributed by atoms with Crippen LogP contribution in [0.1, 0.15) is 28.7 Å². The number of rotatable bonds is 4. The van der Waals surface area contributed by atoms with Crippen LogP contribution in [0.2, 0.25) is 0 Å².